The van der Waals surface area contributed by atoms with Crippen LogP contribution in [0.25, 0.3) is 6.08 Å². The van der Waals surface area contributed by atoms with Crippen molar-refractivity contribution in [3.05, 3.63) is 58.9 Å². The van der Waals surface area contributed by atoms with Gasteiger partial charge in [0.05, 0.1) is 5.69 Å². The summed E-state index contributed by atoms with van der Waals surface area (Å²) in [5.41, 5.74) is 4.35. The lowest BCUT2D eigenvalue weighted by Crippen LogP contribution is -2.30. The van der Waals surface area contributed by atoms with Crippen molar-refractivity contribution in [1.82, 2.24) is 14.7 Å². The Hall–Kier alpha value is -2.36. The largest absolute Gasteiger partial charge is 0.335 e. The van der Waals surface area contributed by atoms with E-state index in [9.17, 15) is 4.79 Å². The predicted octanol–water partition coefficient (Wildman–Crippen LogP) is 3.97. The van der Waals surface area contributed by atoms with Crippen LogP contribution in [0.15, 0.2) is 36.4 Å². The average Bonchev–Trinajstić information content (AvgIpc) is 2.87. The van der Waals surface area contributed by atoms with E-state index < -0.39 is 0 Å². The van der Waals surface area contributed by atoms with E-state index in [1.165, 1.54) is 0 Å². The molecule has 0 atom stereocenters. The zero-order valence-corrected chi connectivity index (χ0v) is 15.1. The Bertz CT molecular complexity index is 701. The molecule has 2 rings (SSSR count). The highest BCUT2D eigenvalue weighted by molar-refractivity contribution is 5.91. The Morgan fingerprint density at radius 2 is 1.92 bits per heavy atom. The maximum absolute atomic E-state index is 12.6. The molecule has 1 aromatic heterocycles. The van der Waals surface area contributed by atoms with Gasteiger partial charge in [0.1, 0.15) is 0 Å². The molecule has 4 heteroatoms. The van der Waals surface area contributed by atoms with Crippen molar-refractivity contribution < 1.29 is 4.79 Å². The first kappa shape index (κ1) is 18.0. The van der Waals surface area contributed by atoms with E-state index in [2.05, 4.69) is 25.9 Å². The number of carbonyl (C=O) groups is 1. The lowest BCUT2D eigenvalue weighted by Gasteiger charge is -2.21. The molecule has 1 aromatic carbocycles. The Balaban J connectivity index is 2.15. The fourth-order valence-corrected chi connectivity index (χ4v) is 2.84. The van der Waals surface area contributed by atoms with Gasteiger partial charge in [0.15, 0.2) is 0 Å². The number of carbonyl (C=O) groups excluding carboxylic acids is 1. The number of benzene rings is 1. The third-order valence-electron chi connectivity index (χ3n) is 4.20. The Morgan fingerprint density at radius 3 is 2.50 bits per heavy atom. The molecule has 2 aromatic rings. The van der Waals surface area contributed by atoms with Crippen molar-refractivity contribution in [3.63, 3.8) is 0 Å². The maximum Gasteiger partial charge on any atom is 0.246 e. The van der Waals surface area contributed by atoms with Crippen molar-refractivity contribution in [3.8, 4) is 0 Å². The molecule has 0 N–H and O–H groups in total. The van der Waals surface area contributed by atoms with E-state index in [0.29, 0.717) is 6.54 Å². The highest BCUT2D eigenvalue weighted by Crippen LogP contribution is 2.16. The number of hydrogen-bond acceptors (Lipinski definition) is 2. The number of amides is 1. The highest BCUT2D eigenvalue weighted by Gasteiger charge is 2.17. The van der Waals surface area contributed by atoms with Gasteiger partial charge in [0, 0.05) is 37.0 Å². The molecule has 0 aliphatic heterocycles. The highest BCUT2D eigenvalue weighted by atomic mass is 16.2. The van der Waals surface area contributed by atoms with Gasteiger partial charge in [0.2, 0.25) is 5.91 Å². The summed E-state index contributed by atoms with van der Waals surface area (Å²) < 4.78 is 2.00. The fourth-order valence-electron chi connectivity index (χ4n) is 2.84. The van der Waals surface area contributed by atoms with Gasteiger partial charge in [-0.2, -0.15) is 5.10 Å². The number of aryl methyl sites for hydroxylation is 2. The summed E-state index contributed by atoms with van der Waals surface area (Å²) in [5.74, 6) is 0.0451. The number of rotatable bonds is 7. The molecule has 0 aliphatic rings. The second-order valence-electron chi connectivity index (χ2n) is 5.97. The van der Waals surface area contributed by atoms with Crippen molar-refractivity contribution >= 4 is 12.0 Å². The van der Waals surface area contributed by atoms with Crippen LogP contribution in [-0.2, 0) is 17.9 Å². The average molecular weight is 325 g/mol. The summed E-state index contributed by atoms with van der Waals surface area (Å²) >= 11 is 0. The SMILES string of the molecule is CCCN(Cc1c(C)nn(CC)c1C)C(=O)C=Cc1ccccc1. The van der Waals surface area contributed by atoms with Crippen LogP contribution in [-0.4, -0.2) is 27.1 Å². The van der Waals surface area contributed by atoms with E-state index in [4.69, 9.17) is 0 Å². The van der Waals surface area contributed by atoms with Gasteiger partial charge < -0.3 is 4.90 Å². The molecule has 0 radical (unpaired) electrons. The summed E-state index contributed by atoms with van der Waals surface area (Å²) in [5, 5.41) is 4.56. The summed E-state index contributed by atoms with van der Waals surface area (Å²) in [4.78, 5) is 14.5. The summed E-state index contributed by atoms with van der Waals surface area (Å²) in [7, 11) is 0. The van der Waals surface area contributed by atoms with Crippen molar-refractivity contribution in [1.29, 1.82) is 0 Å². The van der Waals surface area contributed by atoms with Crippen LogP contribution in [0.3, 0.4) is 0 Å². The van der Waals surface area contributed by atoms with E-state index in [-0.39, 0.29) is 5.91 Å². The number of aromatic nitrogens is 2. The minimum Gasteiger partial charge on any atom is -0.335 e. The minimum absolute atomic E-state index is 0.0451. The van der Waals surface area contributed by atoms with Crippen LogP contribution >= 0.6 is 0 Å². The second kappa shape index (κ2) is 8.48. The van der Waals surface area contributed by atoms with Gasteiger partial charge in [-0.25, -0.2) is 0 Å². The monoisotopic (exact) mass is 325 g/mol. The first-order valence-electron chi connectivity index (χ1n) is 8.61. The smallest absolute Gasteiger partial charge is 0.246 e. The van der Waals surface area contributed by atoms with Crippen molar-refractivity contribution in [2.24, 2.45) is 0 Å². The van der Waals surface area contributed by atoms with Gasteiger partial charge in [0.25, 0.3) is 0 Å². The second-order valence-corrected chi connectivity index (χ2v) is 5.97. The van der Waals surface area contributed by atoms with Crippen molar-refractivity contribution in [2.45, 2.75) is 47.2 Å². The molecule has 4 nitrogen and oxygen atoms in total. The number of hydrogen-bond donors (Lipinski definition) is 0. The molecule has 128 valence electrons. The molecule has 0 saturated heterocycles. The molecule has 1 amide bonds. The third-order valence-corrected chi connectivity index (χ3v) is 4.20. The molecule has 0 aliphatic carbocycles. The minimum atomic E-state index is 0.0451. The molecular weight excluding hydrogens is 298 g/mol. The molecule has 0 unspecified atom stereocenters. The fraction of sp³-hybridized carbons (Fsp3) is 0.400. The van der Waals surface area contributed by atoms with Crippen LogP contribution in [0.2, 0.25) is 0 Å². The lowest BCUT2D eigenvalue weighted by atomic mass is 10.1. The third kappa shape index (κ3) is 4.34. The Kier molecular flexibility index (Phi) is 6.36. The summed E-state index contributed by atoms with van der Waals surface area (Å²) in [6.45, 7) is 10.5. The standard InChI is InChI=1S/C20H27N3O/c1-5-14-22(15-19-16(3)21-23(6-2)17(19)4)20(24)13-12-18-10-8-7-9-11-18/h7-13H,5-6,14-15H2,1-4H3. The predicted molar refractivity (Wildman–Crippen MR) is 98.6 cm³/mol. The van der Waals surface area contributed by atoms with Gasteiger partial charge >= 0.3 is 0 Å². The molecule has 24 heavy (non-hydrogen) atoms. The topological polar surface area (TPSA) is 38.1 Å². The van der Waals surface area contributed by atoms with Gasteiger partial charge in [-0.15, -0.1) is 0 Å². The van der Waals surface area contributed by atoms with Gasteiger partial charge in [-0.1, -0.05) is 37.3 Å². The summed E-state index contributed by atoms with van der Waals surface area (Å²) in [6, 6.07) is 9.90. The molecule has 0 fully saturated rings. The Labute approximate surface area is 144 Å². The van der Waals surface area contributed by atoms with E-state index >= 15 is 0 Å². The molecule has 0 spiro atoms. The zero-order chi connectivity index (χ0) is 17.5. The van der Waals surface area contributed by atoms with Gasteiger partial charge in [-0.05, 0) is 38.8 Å². The molecular formula is C20H27N3O. The zero-order valence-electron chi connectivity index (χ0n) is 15.1. The first-order valence-corrected chi connectivity index (χ1v) is 8.61. The van der Waals surface area contributed by atoms with E-state index in [1.54, 1.807) is 6.08 Å². The quantitative estimate of drug-likeness (QED) is 0.722. The van der Waals surface area contributed by atoms with Crippen molar-refractivity contribution in [2.75, 3.05) is 6.54 Å². The van der Waals surface area contributed by atoms with E-state index in [1.807, 2.05) is 52.9 Å². The Morgan fingerprint density at radius 1 is 1.21 bits per heavy atom. The van der Waals surface area contributed by atoms with E-state index in [0.717, 1.165) is 42.0 Å². The summed E-state index contributed by atoms with van der Waals surface area (Å²) in [6.07, 6.45) is 4.48. The number of nitrogens with zero attached hydrogens (tertiary/aromatic N) is 3. The van der Waals surface area contributed by atoms with Crippen LogP contribution in [0.5, 0.6) is 0 Å². The lowest BCUT2D eigenvalue weighted by molar-refractivity contribution is -0.126. The normalized spacial score (nSPS) is 11.2. The maximum atomic E-state index is 12.6. The first-order chi connectivity index (χ1) is 11.6. The van der Waals surface area contributed by atoms with Crippen LogP contribution in [0.4, 0.5) is 0 Å². The van der Waals surface area contributed by atoms with Crippen LogP contribution in [0.1, 0.15) is 42.8 Å². The molecule has 0 bridgehead atoms. The van der Waals surface area contributed by atoms with Gasteiger partial charge in [-0.3, -0.25) is 9.48 Å². The molecule has 0 saturated carbocycles. The van der Waals surface area contributed by atoms with Crippen LogP contribution in [0, 0.1) is 13.8 Å². The molecule has 1 heterocycles. The van der Waals surface area contributed by atoms with Crippen LogP contribution < -0.4 is 0 Å².